The molecule has 1 aromatic heterocycles. The summed E-state index contributed by atoms with van der Waals surface area (Å²) in [6.45, 7) is -0.301. The van der Waals surface area contributed by atoms with Crippen LogP contribution >= 0.6 is 0 Å². The van der Waals surface area contributed by atoms with E-state index < -0.39 is 34.5 Å². The highest BCUT2D eigenvalue weighted by Gasteiger charge is 2.42. The molecule has 2 aliphatic carbocycles. The third-order valence-corrected chi connectivity index (χ3v) is 6.37. The lowest BCUT2D eigenvalue weighted by molar-refractivity contribution is 0.00778. The number of fused-ring (bicyclic) bond motifs is 1. The summed E-state index contributed by atoms with van der Waals surface area (Å²) in [6, 6.07) is 7.43. The number of aliphatic hydroxyl groups is 2. The van der Waals surface area contributed by atoms with Crippen LogP contribution < -0.4 is 15.8 Å². The fourth-order valence-electron chi connectivity index (χ4n) is 4.35. The van der Waals surface area contributed by atoms with Crippen molar-refractivity contribution in [2.24, 2.45) is 11.1 Å². The zero-order valence-corrected chi connectivity index (χ0v) is 17.8. The summed E-state index contributed by atoms with van der Waals surface area (Å²) in [5, 5.41) is 31.9. The van der Waals surface area contributed by atoms with E-state index in [2.05, 4.69) is 30.9 Å². The smallest absolute Gasteiger partial charge is 0.333 e. The topological polar surface area (TPSA) is 160 Å². The zero-order chi connectivity index (χ0) is 22.0. The largest absolute Gasteiger partial charge is 0.390 e. The molecule has 1 aromatic carbocycles. The maximum Gasteiger partial charge on any atom is 0.333 e. The molecule has 1 saturated carbocycles. The van der Waals surface area contributed by atoms with Gasteiger partial charge in [-0.15, -0.1) is 0 Å². The minimum atomic E-state index is -4.11. The standard InChI is InChI=1S/C20H27N5O5S/c21-31(28,29)30-10-13-8-16(20(27)19(13)26)25-18-9-17(22-11-23-18)24-15-7-3-5-12-4-1-2-6-14(12)15/h3,5,7,9,11,13,16,19-20,26-27H,1-2,4,6,8,10H2,(H2,21,28,29)(H2,22,23,24,25)/t13-,16+,19+,20-/m0/s1. The van der Waals surface area contributed by atoms with Crippen LogP contribution in [0.3, 0.4) is 0 Å². The van der Waals surface area contributed by atoms with Gasteiger partial charge in [0, 0.05) is 17.7 Å². The van der Waals surface area contributed by atoms with Crippen molar-refractivity contribution in [1.29, 1.82) is 0 Å². The fraction of sp³-hybridized carbons (Fsp3) is 0.500. The Morgan fingerprint density at radius 1 is 1.13 bits per heavy atom. The molecular weight excluding hydrogens is 422 g/mol. The Hall–Kier alpha value is -2.31. The predicted molar refractivity (Wildman–Crippen MR) is 115 cm³/mol. The second-order valence-corrected chi connectivity index (χ2v) is 9.29. The summed E-state index contributed by atoms with van der Waals surface area (Å²) < 4.78 is 26.6. The van der Waals surface area contributed by atoms with Gasteiger partial charge in [0.25, 0.3) is 0 Å². The second-order valence-electron chi connectivity index (χ2n) is 8.07. The molecule has 0 radical (unpaired) electrons. The number of aromatic nitrogens is 2. The van der Waals surface area contributed by atoms with Crippen molar-refractivity contribution < 1.29 is 22.8 Å². The molecule has 4 rings (SSSR count). The van der Waals surface area contributed by atoms with E-state index in [0.29, 0.717) is 11.6 Å². The molecule has 4 atom stereocenters. The quantitative estimate of drug-likeness (QED) is 0.413. The van der Waals surface area contributed by atoms with Crippen LogP contribution in [0.4, 0.5) is 17.3 Å². The third-order valence-electron chi connectivity index (χ3n) is 5.91. The van der Waals surface area contributed by atoms with Gasteiger partial charge in [-0.3, -0.25) is 4.18 Å². The maximum atomic E-state index is 11.0. The molecule has 0 aliphatic heterocycles. The zero-order valence-electron chi connectivity index (χ0n) is 16.9. The normalized spacial score (nSPS) is 25.8. The molecule has 31 heavy (non-hydrogen) atoms. The number of aryl methyl sites for hydroxylation is 1. The Morgan fingerprint density at radius 3 is 2.71 bits per heavy atom. The molecule has 2 aliphatic rings. The number of hydrogen-bond donors (Lipinski definition) is 5. The number of nitrogens with one attached hydrogen (secondary N) is 2. The number of anilines is 3. The van der Waals surface area contributed by atoms with Crippen molar-refractivity contribution in [3.8, 4) is 0 Å². The summed E-state index contributed by atoms with van der Waals surface area (Å²) in [5.41, 5.74) is 3.70. The maximum absolute atomic E-state index is 11.0. The number of aliphatic hydroxyl groups excluding tert-OH is 2. The van der Waals surface area contributed by atoms with Crippen molar-refractivity contribution in [3.05, 3.63) is 41.7 Å². The summed E-state index contributed by atoms with van der Waals surface area (Å²) in [4.78, 5) is 8.49. The van der Waals surface area contributed by atoms with E-state index in [0.717, 1.165) is 18.5 Å². The van der Waals surface area contributed by atoms with E-state index in [9.17, 15) is 18.6 Å². The summed E-state index contributed by atoms with van der Waals surface area (Å²) in [5.74, 6) is 0.506. The van der Waals surface area contributed by atoms with E-state index in [1.165, 1.54) is 30.3 Å². The van der Waals surface area contributed by atoms with Crippen LogP contribution in [0.15, 0.2) is 30.6 Å². The molecular formula is C20H27N5O5S. The van der Waals surface area contributed by atoms with Crippen molar-refractivity contribution >= 4 is 27.6 Å². The molecule has 11 heteroatoms. The Balaban J connectivity index is 1.43. The van der Waals surface area contributed by atoms with Crippen LogP contribution in [0.1, 0.15) is 30.4 Å². The molecule has 0 bridgehead atoms. The van der Waals surface area contributed by atoms with Crippen LogP contribution in [-0.4, -0.2) is 53.5 Å². The van der Waals surface area contributed by atoms with Gasteiger partial charge < -0.3 is 20.8 Å². The number of nitrogens with two attached hydrogens (primary N) is 1. The van der Waals surface area contributed by atoms with Crippen LogP contribution in [0.2, 0.25) is 0 Å². The molecule has 0 spiro atoms. The fourth-order valence-corrected chi connectivity index (χ4v) is 4.71. The van der Waals surface area contributed by atoms with Gasteiger partial charge in [-0.05, 0) is 49.3 Å². The Bertz CT molecular complexity index is 1030. The lowest BCUT2D eigenvalue weighted by atomic mass is 9.90. The first-order valence-electron chi connectivity index (χ1n) is 10.3. The highest BCUT2D eigenvalue weighted by Crippen LogP contribution is 2.31. The lowest BCUT2D eigenvalue weighted by Crippen LogP contribution is -2.36. The highest BCUT2D eigenvalue weighted by molar-refractivity contribution is 7.84. The van der Waals surface area contributed by atoms with Crippen LogP contribution in [0, 0.1) is 5.92 Å². The molecule has 2 aromatic rings. The number of rotatable bonds is 7. The van der Waals surface area contributed by atoms with Crippen LogP contribution in [0.5, 0.6) is 0 Å². The third kappa shape index (κ3) is 5.31. The van der Waals surface area contributed by atoms with E-state index in [4.69, 9.17) is 5.14 Å². The summed E-state index contributed by atoms with van der Waals surface area (Å²) in [6.07, 6.45) is 3.94. The van der Waals surface area contributed by atoms with Gasteiger partial charge in [0.05, 0.1) is 18.8 Å². The second kappa shape index (κ2) is 9.05. The Labute approximate surface area is 181 Å². The molecule has 168 valence electrons. The van der Waals surface area contributed by atoms with Gasteiger partial charge in [-0.2, -0.15) is 8.42 Å². The number of benzene rings is 1. The van der Waals surface area contributed by atoms with Crippen molar-refractivity contribution in [2.75, 3.05) is 17.2 Å². The predicted octanol–water partition coefficient (Wildman–Crippen LogP) is 0.841. The van der Waals surface area contributed by atoms with Crippen molar-refractivity contribution in [2.45, 2.75) is 50.4 Å². The first-order valence-corrected chi connectivity index (χ1v) is 11.8. The van der Waals surface area contributed by atoms with Gasteiger partial charge in [0.15, 0.2) is 0 Å². The minimum Gasteiger partial charge on any atom is -0.390 e. The van der Waals surface area contributed by atoms with Gasteiger partial charge in [-0.25, -0.2) is 15.1 Å². The highest BCUT2D eigenvalue weighted by atomic mass is 32.2. The molecule has 6 N–H and O–H groups in total. The van der Waals surface area contributed by atoms with E-state index in [-0.39, 0.29) is 13.0 Å². The number of nitrogens with zero attached hydrogens (tertiary/aromatic N) is 2. The van der Waals surface area contributed by atoms with Crippen molar-refractivity contribution in [1.82, 2.24) is 9.97 Å². The van der Waals surface area contributed by atoms with Gasteiger partial charge in [0.1, 0.15) is 24.1 Å². The van der Waals surface area contributed by atoms with Crippen LogP contribution in [-0.2, 0) is 27.3 Å². The first kappa shape index (κ1) is 21.9. The number of hydrogen-bond acceptors (Lipinski definition) is 9. The first-order chi connectivity index (χ1) is 14.8. The van der Waals surface area contributed by atoms with Gasteiger partial charge >= 0.3 is 10.3 Å². The van der Waals surface area contributed by atoms with Gasteiger partial charge in [0.2, 0.25) is 0 Å². The summed E-state index contributed by atoms with van der Waals surface area (Å²) >= 11 is 0. The Morgan fingerprint density at radius 2 is 1.90 bits per heavy atom. The van der Waals surface area contributed by atoms with E-state index >= 15 is 0 Å². The molecule has 0 unspecified atom stereocenters. The molecule has 0 saturated heterocycles. The Kier molecular flexibility index (Phi) is 6.39. The van der Waals surface area contributed by atoms with E-state index in [1.807, 2.05) is 12.1 Å². The van der Waals surface area contributed by atoms with Crippen LogP contribution in [0.25, 0.3) is 0 Å². The van der Waals surface area contributed by atoms with E-state index in [1.54, 1.807) is 6.07 Å². The SMILES string of the molecule is NS(=O)(=O)OC[C@@H]1C[C@@H](Nc2cc(Nc3cccc4c3CCCC4)ncn2)[C@H](O)[C@@H]1O. The monoisotopic (exact) mass is 449 g/mol. The average molecular weight is 450 g/mol. The molecule has 1 heterocycles. The lowest BCUT2D eigenvalue weighted by Gasteiger charge is -2.21. The molecule has 10 nitrogen and oxygen atoms in total. The average Bonchev–Trinajstić information content (AvgIpc) is 3.00. The van der Waals surface area contributed by atoms with Gasteiger partial charge in [-0.1, -0.05) is 12.1 Å². The minimum absolute atomic E-state index is 0.289. The molecule has 0 amide bonds. The van der Waals surface area contributed by atoms with Crippen molar-refractivity contribution in [3.63, 3.8) is 0 Å². The molecule has 1 fully saturated rings. The summed E-state index contributed by atoms with van der Waals surface area (Å²) in [7, 11) is -4.11.